The van der Waals surface area contributed by atoms with Crippen LogP contribution in [0.1, 0.15) is 18.7 Å². The SMILES string of the molecule is C=CCSc1nnc2c(n1)OC(c1cc(Cl)cc(Cl)c1OC)N(C(C)=O)c1ccccc1-2. The highest BCUT2D eigenvalue weighted by Crippen LogP contribution is 2.46. The number of hydrogen-bond donors (Lipinski definition) is 0. The number of hydrogen-bond acceptors (Lipinski definition) is 7. The van der Waals surface area contributed by atoms with Crippen LogP contribution in [0.2, 0.25) is 10.0 Å². The molecule has 7 nitrogen and oxygen atoms in total. The number of methoxy groups -OCH3 is 1. The summed E-state index contributed by atoms with van der Waals surface area (Å²) in [6.45, 7) is 5.16. The molecule has 10 heteroatoms. The molecule has 1 atom stereocenters. The van der Waals surface area contributed by atoms with Crippen LogP contribution in [0, 0.1) is 0 Å². The number of amides is 1. The van der Waals surface area contributed by atoms with E-state index in [1.54, 1.807) is 18.2 Å². The predicted octanol–water partition coefficient (Wildman–Crippen LogP) is 5.58. The van der Waals surface area contributed by atoms with Gasteiger partial charge in [-0.25, -0.2) is 0 Å². The van der Waals surface area contributed by atoms with E-state index in [4.69, 9.17) is 32.7 Å². The number of halogens is 2. The molecule has 1 aliphatic heterocycles. The van der Waals surface area contributed by atoms with Crippen LogP contribution < -0.4 is 14.4 Å². The zero-order chi connectivity index (χ0) is 22.8. The molecule has 0 N–H and O–H groups in total. The second-order valence-corrected chi connectivity index (χ2v) is 8.57. The Labute approximate surface area is 199 Å². The first-order valence-electron chi connectivity index (χ1n) is 9.51. The fourth-order valence-electron chi connectivity index (χ4n) is 3.43. The normalized spacial score (nSPS) is 14.6. The zero-order valence-electron chi connectivity index (χ0n) is 17.2. The lowest BCUT2D eigenvalue weighted by Crippen LogP contribution is -2.36. The van der Waals surface area contributed by atoms with Gasteiger partial charge in [-0.15, -0.1) is 16.8 Å². The van der Waals surface area contributed by atoms with E-state index in [9.17, 15) is 4.79 Å². The minimum atomic E-state index is -0.963. The number of rotatable bonds is 5. The lowest BCUT2D eigenvalue weighted by Gasteiger charge is -2.31. The molecule has 0 spiro atoms. The maximum Gasteiger partial charge on any atom is 0.247 e. The van der Waals surface area contributed by atoms with Gasteiger partial charge in [0.05, 0.1) is 23.4 Å². The third-order valence-electron chi connectivity index (χ3n) is 4.69. The lowest BCUT2D eigenvalue weighted by molar-refractivity contribution is -0.118. The van der Waals surface area contributed by atoms with Gasteiger partial charge in [0, 0.05) is 23.3 Å². The van der Waals surface area contributed by atoms with E-state index in [0.717, 1.165) is 0 Å². The van der Waals surface area contributed by atoms with Crippen LogP contribution in [-0.4, -0.2) is 34.0 Å². The van der Waals surface area contributed by atoms with E-state index in [1.807, 2.05) is 24.3 Å². The summed E-state index contributed by atoms with van der Waals surface area (Å²) >= 11 is 14.1. The van der Waals surface area contributed by atoms with Gasteiger partial charge in [-0.2, -0.15) is 4.98 Å². The summed E-state index contributed by atoms with van der Waals surface area (Å²) in [4.78, 5) is 18.9. The maximum atomic E-state index is 12.9. The van der Waals surface area contributed by atoms with E-state index in [0.29, 0.717) is 49.2 Å². The molecular weight excluding hydrogens is 471 g/mol. The van der Waals surface area contributed by atoms with Crippen molar-refractivity contribution in [3.8, 4) is 22.9 Å². The zero-order valence-corrected chi connectivity index (χ0v) is 19.5. The summed E-state index contributed by atoms with van der Waals surface area (Å²) in [7, 11) is 1.49. The van der Waals surface area contributed by atoms with Gasteiger partial charge in [-0.3, -0.25) is 9.69 Å². The second kappa shape index (κ2) is 9.36. The van der Waals surface area contributed by atoms with Crippen molar-refractivity contribution >= 4 is 46.6 Å². The molecule has 1 aliphatic rings. The van der Waals surface area contributed by atoms with Crippen LogP contribution in [0.15, 0.2) is 54.2 Å². The highest BCUT2D eigenvalue weighted by molar-refractivity contribution is 7.99. The van der Waals surface area contributed by atoms with E-state index in [1.165, 1.54) is 30.7 Å². The minimum Gasteiger partial charge on any atom is -0.495 e. The van der Waals surface area contributed by atoms with Crippen LogP contribution in [0.3, 0.4) is 0 Å². The third-order valence-corrected chi connectivity index (χ3v) is 6.02. The summed E-state index contributed by atoms with van der Waals surface area (Å²) in [5.74, 6) is 0.919. The average molecular weight is 489 g/mol. The molecule has 0 fully saturated rings. The van der Waals surface area contributed by atoms with Crippen LogP contribution in [-0.2, 0) is 4.79 Å². The number of thioether (sulfide) groups is 1. The van der Waals surface area contributed by atoms with Crippen molar-refractivity contribution in [1.82, 2.24) is 15.2 Å². The van der Waals surface area contributed by atoms with Crippen molar-refractivity contribution in [3.63, 3.8) is 0 Å². The molecule has 2 aromatic carbocycles. The molecule has 1 aromatic heterocycles. The standard InChI is InChI=1S/C22H18Cl2N4O3S/c1-4-9-32-22-25-20-18(26-27-22)14-7-5-6-8-17(14)28(12(2)29)21(31-20)15-10-13(23)11-16(24)19(15)30-3/h4-8,10-11,21H,1,9H2,2-3H3. The molecule has 32 heavy (non-hydrogen) atoms. The maximum absolute atomic E-state index is 12.9. The first-order chi connectivity index (χ1) is 15.4. The third kappa shape index (κ3) is 4.13. The number of anilines is 1. The average Bonchev–Trinajstić information content (AvgIpc) is 2.91. The van der Waals surface area contributed by atoms with Crippen molar-refractivity contribution in [2.45, 2.75) is 18.3 Å². The van der Waals surface area contributed by atoms with Crippen LogP contribution in [0.4, 0.5) is 5.69 Å². The Morgan fingerprint density at radius 3 is 2.81 bits per heavy atom. The molecule has 1 amide bonds. The Balaban J connectivity index is 1.98. The first-order valence-corrected chi connectivity index (χ1v) is 11.3. The van der Waals surface area contributed by atoms with E-state index in [2.05, 4.69) is 21.8 Å². The van der Waals surface area contributed by atoms with Crippen LogP contribution in [0.5, 0.6) is 11.6 Å². The number of aromatic nitrogens is 3. The number of benzene rings is 2. The number of para-hydroxylation sites is 1. The Hall–Kier alpha value is -2.81. The summed E-state index contributed by atoms with van der Waals surface area (Å²) in [6, 6.07) is 10.5. The van der Waals surface area contributed by atoms with E-state index < -0.39 is 6.23 Å². The molecule has 0 aliphatic carbocycles. The first kappa shape index (κ1) is 22.4. The van der Waals surface area contributed by atoms with Crippen molar-refractivity contribution in [2.75, 3.05) is 17.8 Å². The van der Waals surface area contributed by atoms with Gasteiger partial charge in [0.15, 0.2) is 5.69 Å². The Bertz CT molecular complexity index is 1210. The van der Waals surface area contributed by atoms with Crippen LogP contribution >= 0.6 is 35.0 Å². The smallest absolute Gasteiger partial charge is 0.247 e. The molecule has 4 rings (SSSR count). The fourth-order valence-corrected chi connectivity index (χ4v) is 4.53. The topological polar surface area (TPSA) is 77.4 Å². The monoisotopic (exact) mass is 488 g/mol. The summed E-state index contributed by atoms with van der Waals surface area (Å²) in [5.41, 5.74) is 2.14. The van der Waals surface area contributed by atoms with Gasteiger partial charge in [0.2, 0.25) is 23.2 Å². The summed E-state index contributed by atoms with van der Waals surface area (Å²) in [6.07, 6.45) is 0.782. The quantitative estimate of drug-likeness (QED) is 0.342. The molecule has 0 saturated carbocycles. The van der Waals surface area contributed by atoms with Gasteiger partial charge in [-0.1, -0.05) is 59.2 Å². The van der Waals surface area contributed by atoms with Gasteiger partial charge < -0.3 is 9.47 Å². The highest BCUT2D eigenvalue weighted by atomic mass is 35.5. The predicted molar refractivity (Wildman–Crippen MR) is 126 cm³/mol. The molecule has 2 heterocycles. The van der Waals surface area contributed by atoms with Crippen molar-refractivity contribution < 1.29 is 14.3 Å². The minimum absolute atomic E-state index is 0.228. The largest absolute Gasteiger partial charge is 0.495 e. The van der Waals surface area contributed by atoms with Gasteiger partial charge in [-0.05, 0) is 18.2 Å². The Morgan fingerprint density at radius 1 is 1.31 bits per heavy atom. The van der Waals surface area contributed by atoms with E-state index >= 15 is 0 Å². The molecule has 164 valence electrons. The van der Waals surface area contributed by atoms with Crippen molar-refractivity contribution in [2.24, 2.45) is 0 Å². The molecule has 0 saturated heterocycles. The number of carbonyl (C=O) groups is 1. The number of ether oxygens (including phenoxy) is 2. The Morgan fingerprint density at radius 2 is 2.09 bits per heavy atom. The molecule has 1 unspecified atom stereocenters. The number of fused-ring (bicyclic) bond motifs is 3. The van der Waals surface area contributed by atoms with E-state index in [-0.39, 0.29) is 11.8 Å². The van der Waals surface area contributed by atoms with Gasteiger partial charge >= 0.3 is 0 Å². The molecular formula is C22H18Cl2N4O3S. The lowest BCUT2D eigenvalue weighted by atomic mass is 10.1. The fraction of sp³-hybridized carbons (Fsp3) is 0.182. The number of nitrogens with zero attached hydrogens (tertiary/aromatic N) is 4. The van der Waals surface area contributed by atoms with Crippen molar-refractivity contribution in [1.29, 1.82) is 0 Å². The summed E-state index contributed by atoms with van der Waals surface area (Å²) < 4.78 is 11.9. The highest BCUT2D eigenvalue weighted by Gasteiger charge is 2.36. The molecule has 0 bridgehead atoms. The molecule has 0 radical (unpaired) electrons. The number of carbonyl (C=O) groups excluding carboxylic acids is 1. The Kier molecular flexibility index (Phi) is 6.55. The van der Waals surface area contributed by atoms with Crippen molar-refractivity contribution in [3.05, 3.63) is 64.7 Å². The van der Waals surface area contributed by atoms with Gasteiger partial charge in [0.25, 0.3) is 0 Å². The second-order valence-electron chi connectivity index (χ2n) is 6.73. The summed E-state index contributed by atoms with van der Waals surface area (Å²) in [5, 5.41) is 9.65. The van der Waals surface area contributed by atoms with Gasteiger partial charge in [0.1, 0.15) is 5.75 Å². The van der Waals surface area contributed by atoms with Crippen LogP contribution in [0.25, 0.3) is 11.3 Å². The molecule has 3 aromatic rings.